The number of aryl methyl sites for hydroxylation is 2. The molecule has 0 aliphatic heterocycles. The molecule has 22 heavy (non-hydrogen) atoms. The first-order valence-electron chi connectivity index (χ1n) is 6.77. The third kappa shape index (κ3) is 3.62. The Morgan fingerprint density at radius 1 is 1.27 bits per heavy atom. The summed E-state index contributed by atoms with van der Waals surface area (Å²) in [6.45, 7) is 3.65. The van der Waals surface area contributed by atoms with Gasteiger partial charge >= 0.3 is 0 Å². The highest BCUT2D eigenvalue weighted by atomic mass is 127. The number of nitro groups is 1. The first-order valence-corrected chi connectivity index (χ1v) is 7.85. The number of benzene rings is 2. The van der Waals surface area contributed by atoms with Crippen LogP contribution in [0.15, 0.2) is 36.4 Å². The van der Waals surface area contributed by atoms with Crippen LogP contribution in [-0.4, -0.2) is 10.8 Å². The minimum atomic E-state index is -0.453. The first-order chi connectivity index (χ1) is 10.4. The number of carbonyl (C=O) groups excluding carboxylic acids is 1. The van der Waals surface area contributed by atoms with Gasteiger partial charge in [0.05, 0.1) is 4.92 Å². The van der Waals surface area contributed by atoms with E-state index in [4.69, 9.17) is 0 Å². The summed E-state index contributed by atoms with van der Waals surface area (Å²) < 4.78 is 1.11. The lowest BCUT2D eigenvalue weighted by Gasteiger charge is -2.11. The Balaban J connectivity index is 2.26. The van der Waals surface area contributed by atoms with E-state index >= 15 is 0 Å². The number of anilines is 1. The number of carbonyl (C=O) groups is 1. The summed E-state index contributed by atoms with van der Waals surface area (Å²) >= 11 is 2.23. The van der Waals surface area contributed by atoms with Crippen molar-refractivity contribution in [1.82, 2.24) is 0 Å². The van der Waals surface area contributed by atoms with Crippen LogP contribution >= 0.6 is 22.6 Å². The Kier molecular flexibility index (Phi) is 5.12. The maximum Gasteiger partial charge on any atom is 0.272 e. The van der Waals surface area contributed by atoms with Crippen LogP contribution in [0.3, 0.4) is 0 Å². The smallest absolute Gasteiger partial charge is 0.272 e. The van der Waals surface area contributed by atoms with Crippen molar-refractivity contribution in [3.05, 3.63) is 66.8 Å². The lowest BCUT2D eigenvalue weighted by Crippen LogP contribution is -2.13. The van der Waals surface area contributed by atoms with Gasteiger partial charge in [-0.1, -0.05) is 6.92 Å². The number of rotatable bonds is 4. The SMILES string of the molecule is CCc1cc(I)ccc1NC(=O)c1ccc([N+](=O)[O-])c(C)c1. The number of nitro benzene ring substituents is 1. The van der Waals surface area contributed by atoms with E-state index in [1.165, 1.54) is 18.2 Å². The van der Waals surface area contributed by atoms with Crippen molar-refractivity contribution in [2.75, 3.05) is 5.32 Å². The fourth-order valence-corrected chi connectivity index (χ4v) is 2.73. The van der Waals surface area contributed by atoms with E-state index in [0.717, 1.165) is 21.2 Å². The molecule has 2 aromatic rings. The molecule has 1 N–H and O–H groups in total. The molecule has 0 spiro atoms. The van der Waals surface area contributed by atoms with Gasteiger partial charge < -0.3 is 5.32 Å². The quantitative estimate of drug-likeness (QED) is 0.464. The van der Waals surface area contributed by atoms with Crippen molar-refractivity contribution in [3.8, 4) is 0 Å². The van der Waals surface area contributed by atoms with Crippen molar-refractivity contribution < 1.29 is 9.72 Å². The zero-order chi connectivity index (χ0) is 16.3. The molecule has 6 heteroatoms. The Morgan fingerprint density at radius 2 is 2.00 bits per heavy atom. The third-order valence-electron chi connectivity index (χ3n) is 3.35. The van der Waals surface area contributed by atoms with Crippen LogP contribution in [0.25, 0.3) is 0 Å². The molecule has 0 heterocycles. The van der Waals surface area contributed by atoms with Crippen LogP contribution in [-0.2, 0) is 6.42 Å². The molecule has 0 saturated carbocycles. The van der Waals surface area contributed by atoms with Gasteiger partial charge in [-0.15, -0.1) is 0 Å². The normalized spacial score (nSPS) is 10.3. The van der Waals surface area contributed by atoms with Crippen LogP contribution in [0.4, 0.5) is 11.4 Å². The van der Waals surface area contributed by atoms with E-state index in [2.05, 4.69) is 27.9 Å². The fraction of sp³-hybridized carbons (Fsp3) is 0.188. The molecule has 0 radical (unpaired) electrons. The minimum Gasteiger partial charge on any atom is -0.322 e. The maximum absolute atomic E-state index is 12.3. The highest BCUT2D eigenvalue weighted by Gasteiger charge is 2.14. The highest BCUT2D eigenvalue weighted by Crippen LogP contribution is 2.22. The van der Waals surface area contributed by atoms with Gasteiger partial charge in [-0.05, 0) is 71.8 Å². The zero-order valence-corrected chi connectivity index (χ0v) is 14.4. The van der Waals surface area contributed by atoms with Crippen molar-refractivity contribution in [3.63, 3.8) is 0 Å². The van der Waals surface area contributed by atoms with Gasteiger partial charge in [-0.25, -0.2) is 0 Å². The van der Waals surface area contributed by atoms with E-state index in [0.29, 0.717) is 11.1 Å². The van der Waals surface area contributed by atoms with Gasteiger partial charge in [0.2, 0.25) is 0 Å². The second-order valence-corrected chi connectivity index (χ2v) is 6.11. The summed E-state index contributed by atoms with van der Waals surface area (Å²) in [5.74, 6) is -0.270. The Bertz CT molecular complexity index is 744. The predicted octanol–water partition coefficient (Wildman–Crippen LogP) is 4.32. The molecule has 0 fully saturated rings. The van der Waals surface area contributed by atoms with Gasteiger partial charge in [0, 0.05) is 26.5 Å². The second-order valence-electron chi connectivity index (χ2n) is 4.87. The number of nitrogens with one attached hydrogen (secondary N) is 1. The van der Waals surface area contributed by atoms with Gasteiger partial charge in [0.25, 0.3) is 11.6 Å². The lowest BCUT2D eigenvalue weighted by molar-refractivity contribution is -0.385. The summed E-state index contributed by atoms with van der Waals surface area (Å²) in [6, 6.07) is 10.2. The van der Waals surface area contributed by atoms with Crippen LogP contribution in [0.2, 0.25) is 0 Å². The average molecular weight is 410 g/mol. The first kappa shape index (κ1) is 16.4. The number of halogens is 1. The van der Waals surface area contributed by atoms with Gasteiger partial charge in [0.1, 0.15) is 0 Å². The van der Waals surface area contributed by atoms with Gasteiger partial charge in [-0.2, -0.15) is 0 Å². The van der Waals surface area contributed by atoms with Crippen molar-refractivity contribution in [1.29, 1.82) is 0 Å². The summed E-state index contributed by atoms with van der Waals surface area (Å²) in [5.41, 5.74) is 2.71. The van der Waals surface area contributed by atoms with Crippen LogP contribution in [0, 0.1) is 20.6 Å². The number of hydrogen-bond donors (Lipinski definition) is 1. The van der Waals surface area contributed by atoms with Crippen molar-refractivity contribution in [2.24, 2.45) is 0 Å². The Hall–Kier alpha value is -1.96. The standard InChI is InChI=1S/C16H15IN2O3/c1-3-11-9-13(17)5-6-14(11)18-16(20)12-4-7-15(19(21)22)10(2)8-12/h4-9H,3H2,1-2H3,(H,18,20). The van der Waals surface area contributed by atoms with Crippen LogP contribution in [0.1, 0.15) is 28.4 Å². The Labute approximate surface area is 142 Å². The average Bonchev–Trinajstić information content (AvgIpc) is 2.48. The number of amides is 1. The monoisotopic (exact) mass is 410 g/mol. The number of hydrogen-bond acceptors (Lipinski definition) is 3. The molecule has 5 nitrogen and oxygen atoms in total. The molecule has 2 rings (SSSR count). The summed E-state index contributed by atoms with van der Waals surface area (Å²) in [6.07, 6.45) is 0.811. The van der Waals surface area contributed by atoms with E-state index in [1.54, 1.807) is 6.92 Å². The molecule has 0 saturated heterocycles. The molecule has 0 aromatic heterocycles. The minimum absolute atomic E-state index is 0.0139. The van der Waals surface area contributed by atoms with E-state index in [-0.39, 0.29) is 11.6 Å². The van der Waals surface area contributed by atoms with Crippen LogP contribution in [0.5, 0.6) is 0 Å². The molecular formula is C16H15IN2O3. The molecule has 2 aromatic carbocycles. The second kappa shape index (κ2) is 6.87. The molecular weight excluding hydrogens is 395 g/mol. The largest absolute Gasteiger partial charge is 0.322 e. The van der Waals surface area contributed by atoms with E-state index in [9.17, 15) is 14.9 Å². The van der Waals surface area contributed by atoms with E-state index in [1.807, 2.05) is 25.1 Å². The summed E-state index contributed by atoms with van der Waals surface area (Å²) in [5, 5.41) is 13.7. The highest BCUT2D eigenvalue weighted by molar-refractivity contribution is 14.1. The summed E-state index contributed by atoms with van der Waals surface area (Å²) in [4.78, 5) is 22.7. The molecule has 1 amide bonds. The van der Waals surface area contributed by atoms with E-state index < -0.39 is 4.92 Å². The molecule has 0 aliphatic carbocycles. The zero-order valence-electron chi connectivity index (χ0n) is 12.2. The molecule has 0 aliphatic rings. The van der Waals surface area contributed by atoms with Crippen LogP contribution < -0.4 is 5.32 Å². The summed E-state index contributed by atoms with van der Waals surface area (Å²) in [7, 11) is 0. The lowest BCUT2D eigenvalue weighted by atomic mass is 10.1. The fourth-order valence-electron chi connectivity index (χ4n) is 2.17. The Morgan fingerprint density at radius 3 is 2.59 bits per heavy atom. The predicted molar refractivity (Wildman–Crippen MR) is 94.3 cm³/mol. The topological polar surface area (TPSA) is 72.2 Å². The third-order valence-corrected chi connectivity index (χ3v) is 4.02. The molecule has 0 unspecified atom stereocenters. The van der Waals surface area contributed by atoms with Crippen molar-refractivity contribution >= 4 is 39.9 Å². The van der Waals surface area contributed by atoms with Gasteiger partial charge in [0.15, 0.2) is 0 Å². The van der Waals surface area contributed by atoms with Crippen molar-refractivity contribution in [2.45, 2.75) is 20.3 Å². The maximum atomic E-state index is 12.3. The van der Waals surface area contributed by atoms with Gasteiger partial charge in [-0.3, -0.25) is 14.9 Å². The molecule has 0 atom stereocenters. The number of nitrogens with zero attached hydrogens (tertiary/aromatic N) is 1. The molecule has 114 valence electrons. The molecule has 0 bridgehead atoms.